The molecule has 0 fully saturated rings. The molecule has 1 heterocycles. The van der Waals surface area contributed by atoms with E-state index in [0.29, 0.717) is 6.10 Å². The normalized spacial score (nSPS) is 14.1. The Kier molecular flexibility index (Phi) is 3.64. The van der Waals surface area contributed by atoms with Gasteiger partial charge in [-0.25, -0.2) is 0 Å². The van der Waals surface area contributed by atoms with Crippen LogP contribution in [-0.4, -0.2) is 19.0 Å². The third-order valence-electron chi connectivity index (χ3n) is 3.04. The molecule has 18 heavy (non-hydrogen) atoms. The quantitative estimate of drug-likeness (QED) is 0.760. The highest BCUT2D eigenvalue weighted by molar-refractivity contribution is 6.69. The maximum absolute atomic E-state index is 6.13. The molecule has 0 saturated heterocycles. The Morgan fingerprint density at radius 1 is 1.22 bits per heavy atom. The van der Waals surface area contributed by atoms with E-state index in [0.717, 1.165) is 6.42 Å². The van der Waals surface area contributed by atoms with Crippen molar-refractivity contribution in [2.45, 2.75) is 39.1 Å². The van der Waals surface area contributed by atoms with E-state index < -0.39 is 8.32 Å². The van der Waals surface area contributed by atoms with Gasteiger partial charge in [0.05, 0.1) is 0 Å². The van der Waals surface area contributed by atoms with Crippen molar-refractivity contribution in [3.63, 3.8) is 0 Å². The van der Waals surface area contributed by atoms with Crippen molar-refractivity contribution in [2.24, 2.45) is 7.05 Å². The summed E-state index contributed by atoms with van der Waals surface area (Å²) in [4.78, 5) is 0. The van der Waals surface area contributed by atoms with Crippen LogP contribution < -0.4 is 0 Å². The molecule has 3 heteroatoms. The van der Waals surface area contributed by atoms with E-state index in [-0.39, 0.29) is 0 Å². The molecule has 0 bridgehead atoms. The van der Waals surface area contributed by atoms with Crippen molar-refractivity contribution in [3.05, 3.63) is 36.0 Å². The van der Waals surface area contributed by atoms with Crippen LogP contribution in [0.5, 0.6) is 0 Å². The van der Waals surface area contributed by atoms with Gasteiger partial charge in [0.25, 0.3) is 0 Å². The van der Waals surface area contributed by atoms with Gasteiger partial charge in [0.1, 0.15) is 0 Å². The molecule has 0 aliphatic rings. The fourth-order valence-electron chi connectivity index (χ4n) is 2.54. The highest BCUT2D eigenvalue weighted by atomic mass is 28.4. The van der Waals surface area contributed by atoms with E-state index in [2.05, 4.69) is 68.6 Å². The number of hydrogen-bond acceptors (Lipinski definition) is 1. The van der Waals surface area contributed by atoms with Crippen LogP contribution in [0.1, 0.15) is 12.5 Å². The average Bonchev–Trinajstić information content (AvgIpc) is 2.54. The number of nitrogens with zero attached hydrogens (tertiary/aromatic N) is 1. The summed E-state index contributed by atoms with van der Waals surface area (Å²) < 4.78 is 8.33. The average molecular weight is 261 g/mol. The Morgan fingerprint density at radius 3 is 2.56 bits per heavy atom. The Morgan fingerprint density at radius 2 is 1.89 bits per heavy atom. The first-order valence-electron chi connectivity index (χ1n) is 6.57. The smallest absolute Gasteiger partial charge is 0.184 e. The standard InChI is InChI=1S/C15H23NOSi/c1-12(17-18(3,4)5)10-13-11-16(2)15-9-7-6-8-14(13)15/h6-9,11-12H,10H2,1-5H3. The molecule has 2 aromatic rings. The van der Waals surface area contributed by atoms with Crippen molar-refractivity contribution >= 4 is 19.2 Å². The molecule has 0 spiro atoms. The summed E-state index contributed by atoms with van der Waals surface area (Å²) in [5, 5.41) is 1.35. The molecule has 0 aliphatic carbocycles. The highest BCUT2D eigenvalue weighted by Crippen LogP contribution is 2.22. The molecule has 1 aromatic carbocycles. The molecule has 1 atom stereocenters. The Balaban J connectivity index is 2.22. The summed E-state index contributed by atoms with van der Waals surface area (Å²) in [7, 11) is 0.665. The van der Waals surface area contributed by atoms with E-state index in [1.807, 2.05) is 0 Å². The van der Waals surface area contributed by atoms with Gasteiger partial charge in [-0.3, -0.25) is 0 Å². The predicted octanol–water partition coefficient (Wildman–Crippen LogP) is 3.96. The van der Waals surface area contributed by atoms with Gasteiger partial charge in [-0.05, 0) is 44.6 Å². The minimum atomic E-state index is -1.44. The van der Waals surface area contributed by atoms with E-state index in [9.17, 15) is 0 Å². The lowest BCUT2D eigenvalue weighted by Gasteiger charge is -2.23. The van der Waals surface area contributed by atoms with Gasteiger partial charge in [0.2, 0.25) is 0 Å². The number of aryl methyl sites for hydroxylation is 1. The first kappa shape index (κ1) is 13.4. The molecule has 98 valence electrons. The largest absolute Gasteiger partial charge is 0.415 e. The summed E-state index contributed by atoms with van der Waals surface area (Å²) in [6, 6.07) is 8.57. The summed E-state index contributed by atoms with van der Waals surface area (Å²) >= 11 is 0. The molecule has 0 saturated carbocycles. The van der Waals surface area contributed by atoms with Gasteiger partial charge in [-0.1, -0.05) is 18.2 Å². The van der Waals surface area contributed by atoms with E-state index in [1.54, 1.807) is 0 Å². The third kappa shape index (κ3) is 3.03. The number of benzene rings is 1. The van der Waals surface area contributed by atoms with E-state index in [4.69, 9.17) is 4.43 Å². The second-order valence-corrected chi connectivity index (χ2v) is 10.5. The molecule has 0 aliphatic heterocycles. The second-order valence-electron chi connectivity index (χ2n) is 6.03. The second kappa shape index (κ2) is 4.90. The van der Waals surface area contributed by atoms with Gasteiger partial charge in [0, 0.05) is 30.3 Å². The van der Waals surface area contributed by atoms with Crippen molar-refractivity contribution in [2.75, 3.05) is 0 Å². The highest BCUT2D eigenvalue weighted by Gasteiger charge is 2.19. The van der Waals surface area contributed by atoms with Crippen molar-refractivity contribution in [1.82, 2.24) is 4.57 Å². The van der Waals surface area contributed by atoms with Gasteiger partial charge in [-0.15, -0.1) is 0 Å². The van der Waals surface area contributed by atoms with E-state index >= 15 is 0 Å². The number of para-hydroxylation sites is 1. The van der Waals surface area contributed by atoms with Crippen LogP contribution in [0.4, 0.5) is 0 Å². The molecule has 1 aromatic heterocycles. The molecule has 2 rings (SSSR count). The fourth-order valence-corrected chi connectivity index (χ4v) is 3.83. The number of hydrogen-bond donors (Lipinski definition) is 0. The van der Waals surface area contributed by atoms with Crippen LogP contribution in [0, 0.1) is 0 Å². The van der Waals surface area contributed by atoms with Crippen LogP contribution in [0.2, 0.25) is 19.6 Å². The minimum absolute atomic E-state index is 0.294. The van der Waals surface area contributed by atoms with Crippen molar-refractivity contribution < 1.29 is 4.43 Å². The number of aromatic nitrogens is 1. The summed E-state index contributed by atoms with van der Waals surface area (Å²) in [6.07, 6.45) is 3.52. The van der Waals surface area contributed by atoms with Gasteiger partial charge >= 0.3 is 0 Å². The van der Waals surface area contributed by atoms with Crippen LogP contribution in [0.25, 0.3) is 10.9 Å². The fraction of sp³-hybridized carbons (Fsp3) is 0.467. The first-order valence-corrected chi connectivity index (χ1v) is 9.98. The molecule has 2 nitrogen and oxygen atoms in total. The first-order chi connectivity index (χ1) is 8.37. The van der Waals surface area contributed by atoms with Crippen LogP contribution in [-0.2, 0) is 17.9 Å². The monoisotopic (exact) mass is 261 g/mol. The topological polar surface area (TPSA) is 14.2 Å². The molecular weight excluding hydrogens is 238 g/mol. The van der Waals surface area contributed by atoms with Crippen LogP contribution in [0.15, 0.2) is 30.5 Å². The lowest BCUT2D eigenvalue weighted by atomic mass is 10.1. The van der Waals surface area contributed by atoms with Crippen molar-refractivity contribution in [3.8, 4) is 0 Å². The van der Waals surface area contributed by atoms with Crippen LogP contribution in [0.3, 0.4) is 0 Å². The molecule has 0 radical (unpaired) electrons. The van der Waals surface area contributed by atoms with Gasteiger partial charge in [0.15, 0.2) is 8.32 Å². The molecule has 0 N–H and O–H groups in total. The molecule has 0 amide bonds. The van der Waals surface area contributed by atoms with Crippen LogP contribution >= 0.6 is 0 Å². The number of fused-ring (bicyclic) bond motifs is 1. The summed E-state index contributed by atoms with van der Waals surface area (Å²) in [5.74, 6) is 0. The minimum Gasteiger partial charge on any atom is -0.415 e. The van der Waals surface area contributed by atoms with Gasteiger partial charge in [-0.2, -0.15) is 0 Å². The molecule has 1 unspecified atom stereocenters. The lowest BCUT2D eigenvalue weighted by Crippen LogP contribution is -2.31. The molecular formula is C15H23NOSi. The van der Waals surface area contributed by atoms with E-state index in [1.165, 1.54) is 16.5 Å². The Bertz CT molecular complexity index is 539. The van der Waals surface area contributed by atoms with Crippen molar-refractivity contribution in [1.29, 1.82) is 0 Å². The Hall–Kier alpha value is -1.06. The van der Waals surface area contributed by atoms with Gasteiger partial charge < -0.3 is 8.99 Å². The SMILES string of the molecule is CC(Cc1cn(C)c2ccccc12)O[Si](C)(C)C. The maximum Gasteiger partial charge on any atom is 0.184 e. The summed E-state index contributed by atoms with van der Waals surface area (Å²) in [5.41, 5.74) is 2.69. The number of rotatable bonds is 4. The Labute approximate surface area is 111 Å². The zero-order valence-electron chi connectivity index (χ0n) is 12.0. The predicted molar refractivity (Wildman–Crippen MR) is 80.5 cm³/mol. The zero-order chi connectivity index (χ0) is 13.3. The lowest BCUT2D eigenvalue weighted by molar-refractivity contribution is 0.215. The zero-order valence-corrected chi connectivity index (χ0v) is 13.0. The third-order valence-corrected chi connectivity index (χ3v) is 4.15. The maximum atomic E-state index is 6.13. The summed E-state index contributed by atoms with van der Waals surface area (Å²) in [6.45, 7) is 8.91.